The van der Waals surface area contributed by atoms with Crippen molar-refractivity contribution in [2.45, 2.75) is 38.7 Å². The van der Waals surface area contributed by atoms with Gasteiger partial charge in [-0.25, -0.2) is 0 Å². The highest BCUT2D eigenvalue weighted by Crippen LogP contribution is 2.42. The number of aliphatic hydroxyl groups excluding tert-OH is 1. The third kappa shape index (κ3) is 2.52. The molecule has 0 radical (unpaired) electrons. The van der Waals surface area contributed by atoms with Gasteiger partial charge in [0.2, 0.25) is 5.91 Å². The summed E-state index contributed by atoms with van der Waals surface area (Å²) in [6.45, 7) is 2.26. The molecule has 0 aromatic heterocycles. The van der Waals surface area contributed by atoms with Crippen molar-refractivity contribution in [1.29, 1.82) is 0 Å². The Bertz CT molecular complexity index is 288. The van der Waals surface area contributed by atoms with Gasteiger partial charge < -0.3 is 15.7 Å². The molecule has 0 spiro atoms. The van der Waals surface area contributed by atoms with E-state index in [-0.39, 0.29) is 5.91 Å². The van der Waals surface area contributed by atoms with Gasteiger partial charge >= 0.3 is 0 Å². The molecule has 3 N–H and O–H groups in total. The molecule has 1 unspecified atom stereocenters. The highest BCUT2D eigenvalue weighted by Gasteiger charge is 2.48. The van der Waals surface area contributed by atoms with Gasteiger partial charge in [0, 0.05) is 13.6 Å². The summed E-state index contributed by atoms with van der Waals surface area (Å²) in [6, 6.07) is 0. The number of nitrogens with two attached hydrogens (primary N) is 1. The zero-order chi connectivity index (χ0) is 12.3. The molecule has 1 aliphatic carbocycles. The summed E-state index contributed by atoms with van der Waals surface area (Å²) >= 11 is 4.99. The van der Waals surface area contributed by atoms with E-state index in [0.717, 1.165) is 19.3 Å². The fourth-order valence-corrected chi connectivity index (χ4v) is 2.23. The van der Waals surface area contributed by atoms with Gasteiger partial charge in [0.05, 0.1) is 16.5 Å². The van der Waals surface area contributed by atoms with Gasteiger partial charge in [-0.05, 0) is 26.2 Å². The van der Waals surface area contributed by atoms with Gasteiger partial charge in [0.25, 0.3) is 0 Å². The molecule has 0 heterocycles. The number of nitrogens with zero attached hydrogens (tertiary/aromatic N) is 1. The van der Waals surface area contributed by atoms with Gasteiger partial charge in [0.1, 0.15) is 0 Å². The van der Waals surface area contributed by atoms with Gasteiger partial charge in [-0.3, -0.25) is 4.79 Å². The summed E-state index contributed by atoms with van der Waals surface area (Å²) in [6.07, 6.45) is 2.72. The quantitative estimate of drug-likeness (QED) is 0.698. The molecule has 5 heteroatoms. The Morgan fingerprint density at radius 1 is 1.62 bits per heavy atom. The zero-order valence-electron chi connectivity index (χ0n) is 9.90. The normalized spacial score (nSPS) is 19.7. The minimum Gasteiger partial charge on any atom is -0.393 e. The maximum atomic E-state index is 12.2. The third-order valence-electron chi connectivity index (χ3n) is 3.32. The molecule has 1 fully saturated rings. The summed E-state index contributed by atoms with van der Waals surface area (Å²) in [5.74, 6) is 0.00639. The van der Waals surface area contributed by atoms with Crippen LogP contribution in [0.15, 0.2) is 0 Å². The van der Waals surface area contributed by atoms with Gasteiger partial charge in [-0.1, -0.05) is 18.6 Å². The van der Waals surface area contributed by atoms with Crippen LogP contribution in [0.3, 0.4) is 0 Å². The summed E-state index contributed by atoms with van der Waals surface area (Å²) in [4.78, 5) is 14.1. The Kier molecular flexibility index (Phi) is 4.27. The second-order valence-electron chi connectivity index (χ2n) is 4.66. The first-order valence-electron chi connectivity index (χ1n) is 5.63. The van der Waals surface area contributed by atoms with E-state index in [2.05, 4.69) is 0 Å². The van der Waals surface area contributed by atoms with Crippen molar-refractivity contribution in [3.63, 3.8) is 0 Å². The molecule has 0 aromatic carbocycles. The first-order chi connectivity index (χ1) is 7.40. The lowest BCUT2D eigenvalue weighted by Gasteiger charge is -2.41. The number of hydrogen-bond donors (Lipinski definition) is 2. The van der Waals surface area contributed by atoms with E-state index in [1.54, 1.807) is 18.9 Å². The Balaban J connectivity index is 2.58. The van der Waals surface area contributed by atoms with E-state index in [1.165, 1.54) is 0 Å². The molecular weight excluding hydrogens is 224 g/mol. The first-order valence-corrected chi connectivity index (χ1v) is 6.04. The van der Waals surface area contributed by atoms with Crippen LogP contribution in [0, 0.1) is 5.41 Å². The lowest BCUT2D eigenvalue weighted by molar-refractivity contribution is -0.140. The van der Waals surface area contributed by atoms with Gasteiger partial charge in [-0.15, -0.1) is 0 Å². The fraction of sp³-hybridized carbons (Fsp3) is 0.818. The Labute approximate surface area is 102 Å². The third-order valence-corrected chi connectivity index (χ3v) is 3.71. The number of amides is 1. The molecule has 4 nitrogen and oxygen atoms in total. The average Bonchev–Trinajstić information content (AvgIpc) is 2.11. The predicted octanol–water partition coefficient (Wildman–Crippen LogP) is 0.672. The summed E-state index contributed by atoms with van der Waals surface area (Å²) in [5.41, 5.74) is 5.07. The highest BCUT2D eigenvalue weighted by molar-refractivity contribution is 7.80. The van der Waals surface area contributed by atoms with Gasteiger partial charge in [-0.2, -0.15) is 0 Å². The van der Waals surface area contributed by atoms with Gasteiger partial charge in [0.15, 0.2) is 0 Å². The van der Waals surface area contributed by atoms with Crippen LogP contribution in [-0.4, -0.2) is 40.6 Å². The van der Waals surface area contributed by atoms with Crippen molar-refractivity contribution in [2.24, 2.45) is 11.1 Å². The van der Waals surface area contributed by atoms with E-state index in [4.69, 9.17) is 18.0 Å². The Morgan fingerprint density at radius 3 is 2.50 bits per heavy atom. The molecule has 1 amide bonds. The monoisotopic (exact) mass is 244 g/mol. The summed E-state index contributed by atoms with van der Waals surface area (Å²) < 4.78 is 0. The largest absolute Gasteiger partial charge is 0.393 e. The molecule has 0 aliphatic heterocycles. The number of thiocarbonyl (C=S) groups is 1. The smallest absolute Gasteiger partial charge is 0.235 e. The standard InChI is InChI=1S/C11H20N2O2S/c1-8(14)4-7-13(2)10(15)11(9(12)16)5-3-6-11/h8,14H,3-7H2,1-2H3,(H2,12,16). The molecule has 1 saturated carbocycles. The minimum absolute atomic E-state index is 0.00639. The van der Waals surface area contributed by atoms with Crippen LogP contribution in [0.1, 0.15) is 32.6 Å². The highest BCUT2D eigenvalue weighted by atomic mass is 32.1. The molecule has 0 bridgehead atoms. The number of carbonyl (C=O) groups excluding carboxylic acids is 1. The Hall–Kier alpha value is -0.680. The number of rotatable bonds is 5. The average molecular weight is 244 g/mol. The van der Waals surface area contributed by atoms with Crippen molar-refractivity contribution in [3.05, 3.63) is 0 Å². The van der Waals surface area contributed by atoms with Crippen molar-refractivity contribution in [2.75, 3.05) is 13.6 Å². The lowest BCUT2D eigenvalue weighted by Crippen LogP contribution is -2.53. The Morgan fingerprint density at radius 2 is 2.19 bits per heavy atom. The van der Waals surface area contributed by atoms with Crippen LogP contribution in [0.2, 0.25) is 0 Å². The van der Waals surface area contributed by atoms with Crippen LogP contribution < -0.4 is 5.73 Å². The van der Waals surface area contributed by atoms with E-state index >= 15 is 0 Å². The molecule has 1 aliphatic rings. The second kappa shape index (κ2) is 5.10. The predicted molar refractivity (Wildman–Crippen MR) is 67.0 cm³/mol. The molecule has 16 heavy (non-hydrogen) atoms. The van der Waals surface area contributed by atoms with Crippen LogP contribution in [-0.2, 0) is 4.79 Å². The number of aliphatic hydroxyl groups is 1. The van der Waals surface area contributed by atoms with Crippen LogP contribution in [0.4, 0.5) is 0 Å². The van der Waals surface area contributed by atoms with E-state index in [0.29, 0.717) is 18.0 Å². The van der Waals surface area contributed by atoms with E-state index in [1.807, 2.05) is 0 Å². The SMILES string of the molecule is CC(O)CCN(C)C(=O)C1(C(N)=S)CCC1. The molecular formula is C11H20N2O2S. The van der Waals surface area contributed by atoms with Crippen molar-refractivity contribution in [1.82, 2.24) is 4.90 Å². The van der Waals surface area contributed by atoms with Crippen molar-refractivity contribution in [3.8, 4) is 0 Å². The van der Waals surface area contributed by atoms with Crippen LogP contribution >= 0.6 is 12.2 Å². The first kappa shape index (κ1) is 13.4. The topological polar surface area (TPSA) is 66.6 Å². The van der Waals surface area contributed by atoms with Crippen LogP contribution in [0.25, 0.3) is 0 Å². The fourth-order valence-electron chi connectivity index (χ4n) is 1.94. The molecule has 0 aromatic rings. The van der Waals surface area contributed by atoms with Crippen molar-refractivity contribution >= 4 is 23.1 Å². The summed E-state index contributed by atoms with van der Waals surface area (Å²) in [5, 5.41) is 9.18. The zero-order valence-corrected chi connectivity index (χ0v) is 10.7. The maximum Gasteiger partial charge on any atom is 0.235 e. The van der Waals surface area contributed by atoms with Crippen molar-refractivity contribution < 1.29 is 9.90 Å². The number of hydrogen-bond acceptors (Lipinski definition) is 3. The van der Waals surface area contributed by atoms with E-state index < -0.39 is 11.5 Å². The lowest BCUT2D eigenvalue weighted by atomic mass is 9.67. The molecule has 92 valence electrons. The van der Waals surface area contributed by atoms with Crippen LogP contribution in [0.5, 0.6) is 0 Å². The molecule has 1 rings (SSSR count). The second-order valence-corrected chi connectivity index (χ2v) is 5.10. The number of carbonyl (C=O) groups is 1. The molecule has 0 saturated heterocycles. The van der Waals surface area contributed by atoms with E-state index in [9.17, 15) is 9.90 Å². The minimum atomic E-state index is -0.594. The maximum absolute atomic E-state index is 12.2. The summed E-state index contributed by atoms with van der Waals surface area (Å²) in [7, 11) is 1.74. The molecule has 1 atom stereocenters.